The lowest BCUT2D eigenvalue weighted by Crippen LogP contribution is -2.34. The molecule has 0 saturated carbocycles. The average Bonchev–Trinajstić information content (AvgIpc) is 2.67. The number of ether oxygens (including phenoxy) is 1. The number of fused-ring (bicyclic) bond motifs is 1. The summed E-state index contributed by atoms with van der Waals surface area (Å²) in [5.74, 6) is 0.528. The van der Waals surface area contributed by atoms with Crippen molar-refractivity contribution in [3.05, 3.63) is 68.6 Å². The van der Waals surface area contributed by atoms with Crippen molar-refractivity contribution in [3.8, 4) is 5.75 Å². The highest BCUT2D eigenvalue weighted by Gasteiger charge is 2.14. The molecule has 6 nitrogen and oxygen atoms in total. The number of hydrogen-bond acceptors (Lipinski definition) is 4. The van der Waals surface area contributed by atoms with Crippen molar-refractivity contribution >= 4 is 39.9 Å². The van der Waals surface area contributed by atoms with Crippen LogP contribution in [0.4, 0.5) is 0 Å². The van der Waals surface area contributed by atoms with Crippen LogP contribution in [0.2, 0.25) is 10.0 Å². The minimum absolute atomic E-state index is 0.0616. The number of likely N-dealkylation sites (N-methyl/N-ethyl adjacent to an activating group) is 1. The summed E-state index contributed by atoms with van der Waals surface area (Å²) >= 11 is 11.6. The predicted octanol–water partition coefficient (Wildman–Crippen LogP) is 3.37. The molecule has 0 fully saturated rings. The van der Waals surface area contributed by atoms with Gasteiger partial charge in [-0.3, -0.25) is 9.59 Å². The van der Waals surface area contributed by atoms with Gasteiger partial charge >= 0.3 is 0 Å². The van der Waals surface area contributed by atoms with Crippen LogP contribution in [0.5, 0.6) is 5.75 Å². The van der Waals surface area contributed by atoms with Gasteiger partial charge in [0.25, 0.3) is 5.56 Å². The van der Waals surface area contributed by atoms with E-state index in [2.05, 4.69) is 5.10 Å². The summed E-state index contributed by atoms with van der Waals surface area (Å²) in [6, 6.07) is 11.8. The number of benzene rings is 2. The summed E-state index contributed by atoms with van der Waals surface area (Å²) in [5, 5.41) is 5.88. The standard InChI is InChI=1S/C19H17Cl2N3O3/c1-23(17(25)11-24-19(26)18(21)16(20)9-22-24)10-12-3-4-14-8-15(27-2)6-5-13(14)7-12/h3-9H,10-11H2,1-2H3. The topological polar surface area (TPSA) is 64.4 Å². The van der Waals surface area contributed by atoms with Crippen molar-refractivity contribution < 1.29 is 9.53 Å². The van der Waals surface area contributed by atoms with E-state index in [0.717, 1.165) is 26.8 Å². The monoisotopic (exact) mass is 405 g/mol. The number of amides is 1. The van der Waals surface area contributed by atoms with E-state index in [1.807, 2.05) is 36.4 Å². The fourth-order valence-corrected chi connectivity index (χ4v) is 2.94. The third kappa shape index (κ3) is 4.23. The van der Waals surface area contributed by atoms with Crippen molar-refractivity contribution in [1.82, 2.24) is 14.7 Å². The molecule has 0 aliphatic rings. The lowest BCUT2D eigenvalue weighted by atomic mass is 10.1. The number of halogens is 2. The second-order valence-electron chi connectivity index (χ2n) is 6.07. The third-order valence-electron chi connectivity index (χ3n) is 4.18. The quantitative estimate of drug-likeness (QED) is 0.652. The molecule has 0 aliphatic heterocycles. The Hall–Kier alpha value is -2.57. The first-order valence-corrected chi connectivity index (χ1v) is 8.86. The van der Waals surface area contributed by atoms with Crippen LogP contribution in [0, 0.1) is 0 Å². The van der Waals surface area contributed by atoms with Crippen molar-refractivity contribution in [2.45, 2.75) is 13.1 Å². The van der Waals surface area contributed by atoms with E-state index >= 15 is 0 Å². The number of carbonyl (C=O) groups is 1. The molecular weight excluding hydrogens is 389 g/mol. The number of rotatable bonds is 5. The van der Waals surface area contributed by atoms with Gasteiger partial charge in [-0.05, 0) is 34.5 Å². The molecule has 27 heavy (non-hydrogen) atoms. The first-order chi connectivity index (χ1) is 12.9. The van der Waals surface area contributed by atoms with Gasteiger partial charge < -0.3 is 9.64 Å². The maximum atomic E-state index is 12.4. The van der Waals surface area contributed by atoms with Gasteiger partial charge in [0, 0.05) is 13.6 Å². The maximum Gasteiger partial charge on any atom is 0.287 e. The van der Waals surface area contributed by atoms with E-state index in [9.17, 15) is 9.59 Å². The molecule has 0 unspecified atom stereocenters. The van der Waals surface area contributed by atoms with Crippen LogP contribution < -0.4 is 10.3 Å². The molecule has 0 bridgehead atoms. The zero-order chi connectivity index (χ0) is 19.6. The Labute approximate surface area is 165 Å². The zero-order valence-electron chi connectivity index (χ0n) is 14.8. The van der Waals surface area contributed by atoms with Gasteiger partial charge in [0.1, 0.15) is 17.3 Å². The third-order valence-corrected chi connectivity index (χ3v) is 4.93. The number of aromatic nitrogens is 2. The molecule has 1 heterocycles. The minimum atomic E-state index is -0.592. The summed E-state index contributed by atoms with van der Waals surface area (Å²) in [5.41, 5.74) is 0.378. The van der Waals surface area contributed by atoms with Crippen LogP contribution in [-0.2, 0) is 17.9 Å². The van der Waals surface area contributed by atoms with Gasteiger partial charge in [-0.2, -0.15) is 5.10 Å². The number of hydrogen-bond donors (Lipinski definition) is 0. The van der Waals surface area contributed by atoms with E-state index in [1.54, 1.807) is 14.2 Å². The second-order valence-corrected chi connectivity index (χ2v) is 6.85. The molecule has 0 saturated heterocycles. The lowest BCUT2D eigenvalue weighted by molar-refractivity contribution is -0.131. The molecule has 2 aromatic carbocycles. The highest BCUT2D eigenvalue weighted by atomic mass is 35.5. The van der Waals surface area contributed by atoms with E-state index < -0.39 is 5.56 Å². The van der Waals surface area contributed by atoms with Crippen LogP contribution in [0.3, 0.4) is 0 Å². The number of carbonyl (C=O) groups excluding carboxylic acids is 1. The van der Waals surface area contributed by atoms with Gasteiger partial charge in [0.15, 0.2) is 0 Å². The molecule has 0 radical (unpaired) electrons. The van der Waals surface area contributed by atoms with Gasteiger partial charge in [-0.25, -0.2) is 4.68 Å². The van der Waals surface area contributed by atoms with E-state index in [0.29, 0.717) is 6.54 Å². The molecule has 0 atom stereocenters. The summed E-state index contributed by atoms with van der Waals surface area (Å²) < 4.78 is 6.23. The minimum Gasteiger partial charge on any atom is -0.497 e. The fraction of sp³-hybridized carbons (Fsp3) is 0.211. The Bertz CT molecular complexity index is 1070. The zero-order valence-corrected chi connectivity index (χ0v) is 16.3. The Balaban J connectivity index is 1.73. The highest BCUT2D eigenvalue weighted by molar-refractivity contribution is 6.41. The summed E-state index contributed by atoms with van der Waals surface area (Å²) in [7, 11) is 3.30. The van der Waals surface area contributed by atoms with Crippen LogP contribution in [0.25, 0.3) is 10.8 Å². The first-order valence-electron chi connectivity index (χ1n) is 8.11. The van der Waals surface area contributed by atoms with Crippen LogP contribution >= 0.6 is 23.2 Å². The average molecular weight is 406 g/mol. The predicted molar refractivity (Wildman–Crippen MR) is 105 cm³/mol. The lowest BCUT2D eigenvalue weighted by Gasteiger charge is -2.18. The van der Waals surface area contributed by atoms with Gasteiger partial charge in [-0.1, -0.05) is 41.4 Å². The first kappa shape index (κ1) is 19.2. The van der Waals surface area contributed by atoms with Gasteiger partial charge in [-0.15, -0.1) is 0 Å². The smallest absolute Gasteiger partial charge is 0.287 e. The van der Waals surface area contributed by atoms with Crippen molar-refractivity contribution in [2.75, 3.05) is 14.2 Å². The maximum absolute atomic E-state index is 12.4. The molecule has 0 aliphatic carbocycles. The van der Waals surface area contributed by atoms with E-state index in [4.69, 9.17) is 27.9 Å². The van der Waals surface area contributed by atoms with E-state index in [1.165, 1.54) is 11.1 Å². The Morgan fingerprint density at radius 1 is 1.19 bits per heavy atom. The summed E-state index contributed by atoms with van der Waals surface area (Å²) in [4.78, 5) is 26.0. The molecule has 1 aromatic heterocycles. The second kappa shape index (κ2) is 7.98. The molecule has 3 aromatic rings. The van der Waals surface area contributed by atoms with Gasteiger partial charge in [0.05, 0.1) is 18.3 Å². The van der Waals surface area contributed by atoms with Crippen LogP contribution in [0.15, 0.2) is 47.4 Å². The molecule has 3 rings (SSSR count). The molecule has 1 amide bonds. The van der Waals surface area contributed by atoms with Gasteiger partial charge in [0.2, 0.25) is 5.91 Å². The van der Waals surface area contributed by atoms with Crippen molar-refractivity contribution in [3.63, 3.8) is 0 Å². The fourth-order valence-electron chi connectivity index (χ4n) is 2.67. The van der Waals surface area contributed by atoms with E-state index in [-0.39, 0.29) is 22.5 Å². The Morgan fingerprint density at radius 3 is 2.63 bits per heavy atom. The Morgan fingerprint density at radius 2 is 1.89 bits per heavy atom. The van der Waals surface area contributed by atoms with Crippen molar-refractivity contribution in [2.24, 2.45) is 0 Å². The van der Waals surface area contributed by atoms with Crippen LogP contribution in [-0.4, -0.2) is 34.7 Å². The SMILES string of the molecule is COc1ccc2cc(CN(C)C(=O)Cn3ncc(Cl)c(Cl)c3=O)ccc2c1. The highest BCUT2D eigenvalue weighted by Crippen LogP contribution is 2.22. The number of methoxy groups -OCH3 is 1. The van der Waals surface area contributed by atoms with Crippen LogP contribution in [0.1, 0.15) is 5.56 Å². The largest absolute Gasteiger partial charge is 0.497 e. The molecular formula is C19H17Cl2N3O3. The van der Waals surface area contributed by atoms with Crippen molar-refractivity contribution in [1.29, 1.82) is 0 Å². The summed E-state index contributed by atoms with van der Waals surface area (Å²) in [6.45, 7) is 0.188. The molecule has 140 valence electrons. The summed E-state index contributed by atoms with van der Waals surface area (Å²) in [6.07, 6.45) is 1.25. The Kier molecular flexibility index (Phi) is 5.68. The normalized spacial score (nSPS) is 10.8. The molecule has 0 N–H and O–H groups in total. The number of nitrogens with zero attached hydrogens (tertiary/aromatic N) is 3. The molecule has 0 spiro atoms. The molecule has 8 heteroatoms.